The topological polar surface area (TPSA) is 54.4 Å². The van der Waals surface area contributed by atoms with E-state index >= 15 is 0 Å². The first-order chi connectivity index (χ1) is 9.60. The fourth-order valence-electron chi connectivity index (χ4n) is 1.77. The highest BCUT2D eigenvalue weighted by Crippen LogP contribution is 2.31. The predicted molar refractivity (Wildman–Crippen MR) is 79.5 cm³/mol. The molecule has 106 valence electrons. The van der Waals surface area contributed by atoms with Crippen LogP contribution in [0.3, 0.4) is 0 Å². The van der Waals surface area contributed by atoms with Gasteiger partial charge in [-0.2, -0.15) is 0 Å². The van der Waals surface area contributed by atoms with Crippen LogP contribution in [0.1, 0.15) is 11.1 Å². The second kappa shape index (κ2) is 6.79. The molecular weight excluding hydrogens is 299 g/mol. The number of rotatable bonds is 5. The van der Waals surface area contributed by atoms with Gasteiger partial charge >= 0.3 is 0 Å². The monoisotopic (exact) mass is 312 g/mol. The van der Waals surface area contributed by atoms with Crippen LogP contribution < -0.4 is 10.1 Å². The van der Waals surface area contributed by atoms with Gasteiger partial charge in [-0.1, -0.05) is 23.2 Å². The summed E-state index contributed by atoms with van der Waals surface area (Å²) < 4.78 is 5.06. The highest BCUT2D eigenvalue weighted by molar-refractivity contribution is 6.35. The van der Waals surface area contributed by atoms with Crippen LogP contribution in [0, 0.1) is 0 Å². The molecule has 2 N–H and O–H groups in total. The molecule has 0 aliphatic heterocycles. The maximum absolute atomic E-state index is 9.84. The molecule has 0 spiro atoms. The number of aromatic nitrogens is 1. The average Bonchev–Trinajstić information content (AvgIpc) is 2.44. The predicted octanol–water partition coefficient (Wildman–Crippen LogP) is 3.39. The molecule has 1 heterocycles. The van der Waals surface area contributed by atoms with Crippen LogP contribution in [0.4, 0.5) is 0 Å². The third kappa shape index (κ3) is 3.76. The van der Waals surface area contributed by atoms with E-state index < -0.39 is 0 Å². The Balaban J connectivity index is 1.99. The van der Waals surface area contributed by atoms with Gasteiger partial charge in [0.25, 0.3) is 0 Å². The Morgan fingerprint density at radius 3 is 2.80 bits per heavy atom. The number of hydrogen-bond donors (Lipinski definition) is 2. The van der Waals surface area contributed by atoms with Gasteiger partial charge in [0.05, 0.1) is 12.1 Å². The van der Waals surface area contributed by atoms with Crippen LogP contribution in [-0.4, -0.2) is 17.2 Å². The first kappa shape index (κ1) is 14.9. The highest BCUT2D eigenvalue weighted by atomic mass is 35.5. The van der Waals surface area contributed by atoms with Gasteiger partial charge in [0, 0.05) is 35.9 Å². The quantitative estimate of drug-likeness (QED) is 0.888. The summed E-state index contributed by atoms with van der Waals surface area (Å²) in [5, 5.41) is 13.8. The third-order valence-corrected chi connectivity index (χ3v) is 3.27. The van der Waals surface area contributed by atoms with Crippen molar-refractivity contribution in [1.29, 1.82) is 0 Å². The molecule has 0 saturated heterocycles. The largest absolute Gasteiger partial charge is 0.506 e. The van der Waals surface area contributed by atoms with Crippen molar-refractivity contribution < 1.29 is 9.84 Å². The maximum Gasteiger partial charge on any atom is 0.213 e. The number of nitrogens with one attached hydrogen (secondary N) is 1. The summed E-state index contributed by atoms with van der Waals surface area (Å²) in [6, 6.07) is 6.93. The van der Waals surface area contributed by atoms with Crippen LogP contribution in [0.5, 0.6) is 11.6 Å². The van der Waals surface area contributed by atoms with E-state index in [0.29, 0.717) is 29.6 Å². The summed E-state index contributed by atoms with van der Waals surface area (Å²) in [7, 11) is 1.57. The van der Waals surface area contributed by atoms with Crippen molar-refractivity contribution in [3.8, 4) is 11.6 Å². The summed E-state index contributed by atoms with van der Waals surface area (Å²) in [5.74, 6) is 0.619. The molecule has 0 saturated carbocycles. The van der Waals surface area contributed by atoms with Crippen molar-refractivity contribution in [2.45, 2.75) is 13.1 Å². The van der Waals surface area contributed by atoms with E-state index in [1.165, 1.54) is 6.07 Å². The second-order valence-electron chi connectivity index (χ2n) is 4.21. The number of hydrogen-bond acceptors (Lipinski definition) is 4. The number of methoxy groups -OCH3 is 1. The van der Waals surface area contributed by atoms with Gasteiger partial charge in [0.1, 0.15) is 5.75 Å². The van der Waals surface area contributed by atoms with Crippen LogP contribution in [0.25, 0.3) is 0 Å². The Kier molecular flexibility index (Phi) is 5.06. The summed E-state index contributed by atoms with van der Waals surface area (Å²) in [6.07, 6.45) is 1.68. The lowest BCUT2D eigenvalue weighted by Gasteiger charge is -2.09. The third-order valence-electron chi connectivity index (χ3n) is 2.76. The number of benzene rings is 1. The molecule has 6 heteroatoms. The SMILES string of the molecule is COc1cc(CNCc2cc(Cl)cc(Cl)c2O)ccn1. The van der Waals surface area contributed by atoms with Gasteiger partial charge in [-0.3, -0.25) is 0 Å². The molecule has 0 aliphatic rings. The molecule has 2 aromatic rings. The summed E-state index contributed by atoms with van der Waals surface area (Å²) in [5.41, 5.74) is 1.69. The van der Waals surface area contributed by atoms with E-state index in [0.717, 1.165) is 5.56 Å². The average molecular weight is 313 g/mol. The minimum atomic E-state index is 0.0517. The van der Waals surface area contributed by atoms with E-state index in [2.05, 4.69) is 10.3 Å². The molecule has 1 aromatic heterocycles. The molecule has 2 rings (SSSR count). The molecular formula is C14H14Cl2N2O2. The molecule has 0 bridgehead atoms. The number of aromatic hydroxyl groups is 1. The zero-order valence-electron chi connectivity index (χ0n) is 10.9. The Labute approximate surface area is 127 Å². The molecule has 20 heavy (non-hydrogen) atoms. The Morgan fingerprint density at radius 2 is 2.05 bits per heavy atom. The highest BCUT2D eigenvalue weighted by Gasteiger charge is 2.07. The van der Waals surface area contributed by atoms with Gasteiger partial charge in [-0.15, -0.1) is 0 Å². The van der Waals surface area contributed by atoms with Crippen LogP contribution in [-0.2, 0) is 13.1 Å². The van der Waals surface area contributed by atoms with E-state index in [-0.39, 0.29) is 10.8 Å². The van der Waals surface area contributed by atoms with E-state index in [9.17, 15) is 5.11 Å². The molecule has 0 radical (unpaired) electrons. The number of ether oxygens (including phenoxy) is 1. The van der Waals surface area contributed by atoms with Crippen molar-refractivity contribution in [3.63, 3.8) is 0 Å². The first-order valence-corrected chi connectivity index (χ1v) is 6.72. The summed E-state index contributed by atoms with van der Waals surface area (Å²) >= 11 is 11.8. The lowest BCUT2D eigenvalue weighted by molar-refractivity contribution is 0.397. The van der Waals surface area contributed by atoms with Crippen LogP contribution in [0.15, 0.2) is 30.5 Å². The molecule has 0 unspecified atom stereocenters. The zero-order valence-corrected chi connectivity index (χ0v) is 12.4. The molecule has 0 aliphatic carbocycles. The normalized spacial score (nSPS) is 10.6. The number of halogens is 2. The van der Waals surface area contributed by atoms with Crippen molar-refractivity contribution in [2.75, 3.05) is 7.11 Å². The van der Waals surface area contributed by atoms with Gasteiger partial charge in [-0.05, 0) is 23.8 Å². The summed E-state index contributed by atoms with van der Waals surface area (Å²) in [6.45, 7) is 1.07. The Bertz CT molecular complexity index is 606. The minimum Gasteiger partial charge on any atom is -0.506 e. The van der Waals surface area contributed by atoms with Gasteiger partial charge < -0.3 is 15.2 Å². The minimum absolute atomic E-state index is 0.0517. The molecule has 0 amide bonds. The van der Waals surface area contributed by atoms with Gasteiger partial charge in [0.15, 0.2) is 0 Å². The van der Waals surface area contributed by atoms with E-state index in [1.54, 1.807) is 19.4 Å². The fourth-order valence-corrected chi connectivity index (χ4v) is 2.30. The number of phenolic OH excluding ortho intramolecular Hbond substituents is 1. The van der Waals surface area contributed by atoms with E-state index in [4.69, 9.17) is 27.9 Å². The van der Waals surface area contributed by atoms with Crippen LogP contribution >= 0.6 is 23.2 Å². The second-order valence-corrected chi connectivity index (χ2v) is 5.05. The zero-order chi connectivity index (χ0) is 14.5. The number of phenols is 1. The maximum atomic E-state index is 9.84. The fraction of sp³-hybridized carbons (Fsp3) is 0.214. The Hall–Kier alpha value is -1.49. The molecule has 1 aromatic carbocycles. The van der Waals surface area contributed by atoms with Gasteiger partial charge in [-0.25, -0.2) is 4.98 Å². The Morgan fingerprint density at radius 1 is 1.25 bits per heavy atom. The van der Waals surface area contributed by atoms with Crippen molar-refractivity contribution in [2.24, 2.45) is 0 Å². The molecule has 0 fully saturated rings. The summed E-state index contributed by atoms with van der Waals surface area (Å²) in [4.78, 5) is 4.04. The van der Waals surface area contributed by atoms with Crippen molar-refractivity contribution in [3.05, 3.63) is 51.6 Å². The standard InChI is InChI=1S/C14H14Cl2N2O2/c1-20-13-4-9(2-3-18-13)7-17-8-10-5-11(15)6-12(16)14(10)19/h2-6,17,19H,7-8H2,1H3. The van der Waals surface area contributed by atoms with E-state index in [1.807, 2.05) is 12.1 Å². The van der Waals surface area contributed by atoms with Gasteiger partial charge in [0.2, 0.25) is 5.88 Å². The smallest absolute Gasteiger partial charge is 0.213 e. The number of nitrogens with zero attached hydrogens (tertiary/aromatic N) is 1. The molecule has 0 atom stereocenters. The van der Waals surface area contributed by atoms with Crippen molar-refractivity contribution in [1.82, 2.24) is 10.3 Å². The lowest BCUT2D eigenvalue weighted by Crippen LogP contribution is -2.13. The van der Waals surface area contributed by atoms with Crippen molar-refractivity contribution >= 4 is 23.2 Å². The first-order valence-electron chi connectivity index (χ1n) is 5.96. The molecule has 4 nitrogen and oxygen atoms in total. The number of pyridine rings is 1. The van der Waals surface area contributed by atoms with Crippen LogP contribution in [0.2, 0.25) is 10.0 Å². The lowest BCUT2D eigenvalue weighted by atomic mass is 10.2.